The van der Waals surface area contributed by atoms with Crippen LogP contribution in [-0.2, 0) is 0 Å². The maximum absolute atomic E-state index is 12.2. The number of halogens is 1. The third-order valence-electron chi connectivity index (χ3n) is 2.63. The first-order valence-electron chi connectivity index (χ1n) is 5.70. The lowest BCUT2D eigenvalue weighted by molar-refractivity contribution is 0.102. The van der Waals surface area contributed by atoms with Gasteiger partial charge in [0.2, 0.25) is 0 Å². The van der Waals surface area contributed by atoms with Gasteiger partial charge in [0.15, 0.2) is 5.82 Å². The van der Waals surface area contributed by atoms with Gasteiger partial charge in [0, 0.05) is 0 Å². The van der Waals surface area contributed by atoms with Gasteiger partial charge in [0.25, 0.3) is 5.91 Å². The molecule has 10 heteroatoms. The zero-order chi connectivity index (χ0) is 14.8. The average Bonchev–Trinajstić information content (AvgIpc) is 2.99. The van der Waals surface area contributed by atoms with E-state index in [0.29, 0.717) is 21.7 Å². The van der Waals surface area contributed by atoms with Crippen LogP contribution in [0.4, 0.5) is 11.5 Å². The predicted octanol–water partition coefficient (Wildman–Crippen LogP) is 1.67. The molecule has 0 aliphatic rings. The number of hydrogen-bond acceptors (Lipinski definition) is 8. The van der Waals surface area contributed by atoms with Gasteiger partial charge in [0.1, 0.15) is 16.7 Å². The van der Waals surface area contributed by atoms with Gasteiger partial charge in [-0.1, -0.05) is 11.6 Å². The Bertz CT molecular complexity index is 821. The third-order valence-corrected chi connectivity index (χ3v) is 3.49. The van der Waals surface area contributed by atoms with Crippen molar-refractivity contribution in [3.05, 3.63) is 35.2 Å². The van der Waals surface area contributed by atoms with Crippen molar-refractivity contribution in [2.75, 3.05) is 10.7 Å². The summed E-state index contributed by atoms with van der Waals surface area (Å²) in [7, 11) is 0. The Kier molecular flexibility index (Phi) is 3.60. The molecule has 0 bridgehead atoms. The van der Waals surface area contributed by atoms with E-state index in [2.05, 4.69) is 29.5 Å². The first-order chi connectivity index (χ1) is 10.2. The lowest BCUT2D eigenvalue weighted by Crippen LogP contribution is -2.17. The Labute approximate surface area is 127 Å². The van der Waals surface area contributed by atoms with E-state index < -0.39 is 5.91 Å². The summed E-state index contributed by atoms with van der Waals surface area (Å²) in [5.74, 6) is 5.04. The Morgan fingerprint density at radius 2 is 2.14 bits per heavy atom. The van der Waals surface area contributed by atoms with Gasteiger partial charge in [-0.3, -0.25) is 9.78 Å². The van der Waals surface area contributed by atoms with E-state index in [4.69, 9.17) is 17.4 Å². The zero-order valence-corrected chi connectivity index (χ0v) is 11.9. The summed E-state index contributed by atoms with van der Waals surface area (Å²) in [5, 5.41) is 3.03. The molecule has 4 N–H and O–H groups in total. The number of hydrazine groups is 1. The van der Waals surface area contributed by atoms with Crippen LogP contribution in [0.1, 0.15) is 10.5 Å². The fourth-order valence-corrected chi connectivity index (χ4v) is 2.41. The quantitative estimate of drug-likeness (QED) is 0.496. The van der Waals surface area contributed by atoms with Crippen molar-refractivity contribution >= 4 is 51.8 Å². The molecule has 0 saturated heterocycles. The minimum Gasteiger partial charge on any atom is -0.317 e. The van der Waals surface area contributed by atoms with Gasteiger partial charge in [0.05, 0.1) is 34.8 Å². The van der Waals surface area contributed by atoms with E-state index in [1.165, 1.54) is 12.4 Å². The summed E-state index contributed by atoms with van der Waals surface area (Å²) >= 11 is 7.14. The van der Waals surface area contributed by atoms with E-state index in [1.54, 1.807) is 12.1 Å². The van der Waals surface area contributed by atoms with Crippen molar-refractivity contribution in [3.63, 3.8) is 0 Å². The van der Waals surface area contributed by atoms with Crippen molar-refractivity contribution in [2.24, 2.45) is 5.84 Å². The highest BCUT2D eigenvalue weighted by molar-refractivity contribution is 7.00. The van der Waals surface area contributed by atoms with Crippen LogP contribution in [0.15, 0.2) is 24.5 Å². The van der Waals surface area contributed by atoms with Crippen molar-refractivity contribution in [3.8, 4) is 0 Å². The zero-order valence-electron chi connectivity index (χ0n) is 10.4. The van der Waals surface area contributed by atoms with Crippen LogP contribution in [0.2, 0.25) is 5.02 Å². The van der Waals surface area contributed by atoms with E-state index in [0.717, 1.165) is 11.7 Å². The number of carbonyl (C=O) groups excluding carboxylic acids is 1. The van der Waals surface area contributed by atoms with E-state index in [-0.39, 0.29) is 11.5 Å². The second-order valence-corrected chi connectivity index (χ2v) is 4.88. The number of fused-ring (bicyclic) bond motifs is 1. The molecule has 21 heavy (non-hydrogen) atoms. The van der Waals surface area contributed by atoms with Crippen molar-refractivity contribution in [2.45, 2.75) is 0 Å². The lowest BCUT2D eigenvalue weighted by atomic mass is 10.2. The van der Waals surface area contributed by atoms with Gasteiger partial charge in [-0.25, -0.2) is 10.8 Å². The molecule has 2 heterocycles. The number of nitrogens with zero attached hydrogens (tertiary/aromatic N) is 4. The standard InChI is InChI=1S/C11H8ClN7OS/c12-5-1-2-6-10(19-21-18-6)9(5)16-11(20)7-3-14-4-8(15-7)17-13/h1-4H,13H2,(H,15,17)(H,16,20). The van der Waals surface area contributed by atoms with Crippen LogP contribution in [0.3, 0.4) is 0 Å². The van der Waals surface area contributed by atoms with Gasteiger partial charge in [-0.2, -0.15) is 8.75 Å². The summed E-state index contributed by atoms with van der Waals surface area (Å²) < 4.78 is 8.22. The highest BCUT2D eigenvalue weighted by Crippen LogP contribution is 2.30. The SMILES string of the molecule is NNc1cncc(C(=O)Nc2c(Cl)ccc3nsnc23)n1. The van der Waals surface area contributed by atoms with Crippen LogP contribution in [0.25, 0.3) is 11.0 Å². The number of hydrogen-bond donors (Lipinski definition) is 3. The summed E-state index contributed by atoms with van der Waals surface area (Å²) in [4.78, 5) is 20.1. The van der Waals surface area contributed by atoms with Gasteiger partial charge in [-0.15, -0.1) is 0 Å². The molecule has 3 aromatic rings. The molecular weight excluding hydrogens is 314 g/mol. The number of aromatic nitrogens is 4. The van der Waals surface area contributed by atoms with Crippen LogP contribution >= 0.6 is 23.3 Å². The van der Waals surface area contributed by atoms with Gasteiger partial charge < -0.3 is 10.7 Å². The van der Waals surface area contributed by atoms with Crippen molar-refractivity contribution in [1.29, 1.82) is 0 Å². The molecule has 3 rings (SSSR count). The lowest BCUT2D eigenvalue weighted by Gasteiger charge is -2.07. The van der Waals surface area contributed by atoms with E-state index in [9.17, 15) is 4.79 Å². The van der Waals surface area contributed by atoms with E-state index in [1.807, 2.05) is 0 Å². The second kappa shape index (κ2) is 5.56. The number of anilines is 2. The van der Waals surface area contributed by atoms with Gasteiger partial charge in [-0.05, 0) is 12.1 Å². The minimum atomic E-state index is -0.470. The number of nitrogens with two attached hydrogens (primary N) is 1. The number of benzene rings is 1. The normalized spacial score (nSPS) is 10.6. The van der Waals surface area contributed by atoms with Crippen molar-refractivity contribution in [1.82, 2.24) is 18.7 Å². The summed E-state index contributed by atoms with van der Waals surface area (Å²) in [6.45, 7) is 0. The number of nitrogen functional groups attached to an aromatic ring is 1. The first kappa shape index (κ1) is 13.6. The molecule has 1 amide bonds. The molecular formula is C11H8ClN7OS. The van der Waals surface area contributed by atoms with Crippen LogP contribution in [-0.4, -0.2) is 24.6 Å². The second-order valence-electron chi connectivity index (χ2n) is 3.94. The Balaban J connectivity index is 1.96. The Hall–Kier alpha value is -2.36. The molecule has 0 saturated carbocycles. The predicted molar refractivity (Wildman–Crippen MR) is 80.2 cm³/mol. The molecule has 0 unspecified atom stereocenters. The molecule has 0 radical (unpaired) electrons. The molecule has 0 fully saturated rings. The minimum absolute atomic E-state index is 0.0988. The summed E-state index contributed by atoms with van der Waals surface area (Å²) in [5.41, 5.74) is 4.00. The molecule has 2 aromatic heterocycles. The summed E-state index contributed by atoms with van der Waals surface area (Å²) in [6, 6.07) is 3.38. The third kappa shape index (κ3) is 2.61. The maximum atomic E-state index is 12.2. The van der Waals surface area contributed by atoms with Crippen LogP contribution in [0, 0.1) is 0 Å². The number of amides is 1. The molecule has 0 spiro atoms. The fraction of sp³-hybridized carbons (Fsp3) is 0. The largest absolute Gasteiger partial charge is 0.317 e. The number of nitrogens with one attached hydrogen (secondary N) is 2. The monoisotopic (exact) mass is 321 g/mol. The molecule has 0 atom stereocenters. The average molecular weight is 322 g/mol. The Morgan fingerprint density at radius 1 is 1.29 bits per heavy atom. The molecule has 8 nitrogen and oxygen atoms in total. The van der Waals surface area contributed by atoms with E-state index >= 15 is 0 Å². The first-order valence-corrected chi connectivity index (χ1v) is 6.80. The molecule has 1 aromatic carbocycles. The van der Waals surface area contributed by atoms with Crippen LogP contribution < -0.4 is 16.6 Å². The topological polar surface area (TPSA) is 119 Å². The molecule has 0 aliphatic heterocycles. The molecule has 0 aliphatic carbocycles. The van der Waals surface area contributed by atoms with Crippen molar-refractivity contribution < 1.29 is 4.79 Å². The smallest absolute Gasteiger partial charge is 0.276 e. The van der Waals surface area contributed by atoms with Gasteiger partial charge >= 0.3 is 0 Å². The maximum Gasteiger partial charge on any atom is 0.276 e. The highest BCUT2D eigenvalue weighted by atomic mass is 35.5. The highest BCUT2D eigenvalue weighted by Gasteiger charge is 2.15. The summed E-state index contributed by atoms with van der Waals surface area (Å²) in [6.07, 6.45) is 2.72. The fourth-order valence-electron chi connectivity index (χ4n) is 1.67. The molecule has 106 valence electrons. The van der Waals surface area contributed by atoms with Crippen LogP contribution in [0.5, 0.6) is 0 Å². The number of rotatable bonds is 3. The Morgan fingerprint density at radius 3 is 2.95 bits per heavy atom. The number of carbonyl (C=O) groups is 1.